The largest absolute Gasteiger partial charge is 0.481 e. The highest BCUT2D eigenvalue weighted by atomic mass is 16.5. The number of amides is 1. The molecule has 1 aliphatic heterocycles. The van der Waals surface area contributed by atoms with Crippen LogP contribution in [0.1, 0.15) is 52.9 Å². The first kappa shape index (κ1) is 18.0. The number of carbonyl (C=O) groups is 3. The number of Topliss-reactive ketones (excluding diaryl/α,β-unsaturated/α-hetero) is 1. The number of ketones is 1. The molecule has 0 aromatic heterocycles. The molecule has 1 heterocycles. The fourth-order valence-electron chi connectivity index (χ4n) is 4.08. The number of carbonyl (C=O) groups excluding carboxylic acids is 2. The van der Waals surface area contributed by atoms with E-state index in [0.29, 0.717) is 25.7 Å². The second-order valence-electron chi connectivity index (χ2n) is 7.01. The Morgan fingerprint density at radius 1 is 1.43 bits per heavy atom. The highest BCUT2D eigenvalue weighted by Crippen LogP contribution is 2.40. The van der Waals surface area contributed by atoms with Crippen molar-refractivity contribution < 1.29 is 24.2 Å². The molecule has 0 aromatic rings. The van der Waals surface area contributed by atoms with Gasteiger partial charge in [-0.15, -0.1) is 0 Å². The van der Waals surface area contributed by atoms with Crippen molar-refractivity contribution in [3.63, 3.8) is 0 Å². The third kappa shape index (κ3) is 3.60. The van der Waals surface area contributed by atoms with Gasteiger partial charge >= 0.3 is 5.97 Å². The summed E-state index contributed by atoms with van der Waals surface area (Å²) < 4.78 is 6.03. The maximum absolute atomic E-state index is 11.8. The van der Waals surface area contributed by atoms with Crippen molar-refractivity contribution in [2.45, 2.75) is 70.7 Å². The summed E-state index contributed by atoms with van der Waals surface area (Å²) in [7, 11) is 5.50. The number of hydrogen-bond donors (Lipinski definition) is 1. The smallest absolute Gasteiger partial charge is 0.307 e. The highest BCUT2D eigenvalue weighted by molar-refractivity contribution is 6.57. The molecule has 7 heteroatoms. The van der Waals surface area contributed by atoms with Gasteiger partial charge in [0.1, 0.15) is 11.5 Å². The second kappa shape index (κ2) is 6.63. The van der Waals surface area contributed by atoms with Gasteiger partial charge < -0.3 is 14.7 Å². The van der Waals surface area contributed by atoms with E-state index >= 15 is 0 Å². The third-order valence-electron chi connectivity index (χ3n) is 5.10. The number of hydrogen-bond acceptors (Lipinski definition) is 4. The standard InChI is InChI=1S/C16H24BNO5/c1-4-12-13(23-16(2,3)18(12)15(17)22)7-9-5-6-10(19)8-11(9)14(20)21/h9,11-13H,4-8H2,1-3H3,(H,20,21). The van der Waals surface area contributed by atoms with Crippen molar-refractivity contribution in [3.8, 4) is 0 Å². The normalized spacial score (nSPS) is 33.7. The number of carboxylic acids is 1. The Kier molecular flexibility index (Phi) is 5.18. The molecule has 6 nitrogen and oxygen atoms in total. The highest BCUT2D eigenvalue weighted by Gasteiger charge is 2.49. The molecule has 1 aliphatic carbocycles. The van der Waals surface area contributed by atoms with Crippen LogP contribution in [0.2, 0.25) is 0 Å². The van der Waals surface area contributed by atoms with Gasteiger partial charge in [0.25, 0.3) is 0 Å². The first-order valence-electron chi connectivity index (χ1n) is 8.18. The molecule has 23 heavy (non-hydrogen) atoms. The summed E-state index contributed by atoms with van der Waals surface area (Å²) in [5.74, 6) is -2.24. The molecule has 1 amide bonds. The van der Waals surface area contributed by atoms with Gasteiger partial charge in [0.2, 0.25) is 7.85 Å². The van der Waals surface area contributed by atoms with Crippen LogP contribution in [0.25, 0.3) is 0 Å². The van der Waals surface area contributed by atoms with Gasteiger partial charge in [0.05, 0.1) is 18.1 Å². The summed E-state index contributed by atoms with van der Waals surface area (Å²) >= 11 is 0. The zero-order chi connectivity index (χ0) is 17.4. The van der Waals surface area contributed by atoms with Gasteiger partial charge in [-0.1, -0.05) is 6.92 Å². The van der Waals surface area contributed by atoms with E-state index in [1.54, 1.807) is 18.7 Å². The molecule has 2 aliphatic rings. The van der Waals surface area contributed by atoms with Crippen LogP contribution < -0.4 is 0 Å². The molecular weight excluding hydrogens is 297 g/mol. The van der Waals surface area contributed by atoms with Crippen LogP contribution in [-0.2, 0) is 14.3 Å². The molecule has 0 aromatic carbocycles. The van der Waals surface area contributed by atoms with E-state index in [-0.39, 0.29) is 30.3 Å². The fourth-order valence-corrected chi connectivity index (χ4v) is 4.08. The van der Waals surface area contributed by atoms with Crippen LogP contribution in [0.5, 0.6) is 0 Å². The van der Waals surface area contributed by atoms with E-state index in [1.807, 2.05) is 6.92 Å². The van der Waals surface area contributed by atoms with Gasteiger partial charge in [0.15, 0.2) is 5.81 Å². The van der Waals surface area contributed by atoms with Crippen LogP contribution in [0.15, 0.2) is 0 Å². The van der Waals surface area contributed by atoms with Crippen molar-refractivity contribution >= 4 is 25.4 Å². The number of aliphatic carboxylic acids is 1. The minimum Gasteiger partial charge on any atom is -0.481 e. The van der Waals surface area contributed by atoms with Crippen LogP contribution in [0.3, 0.4) is 0 Å². The zero-order valence-corrected chi connectivity index (χ0v) is 13.9. The predicted octanol–water partition coefficient (Wildman–Crippen LogP) is 1.95. The van der Waals surface area contributed by atoms with Gasteiger partial charge in [-0.2, -0.15) is 0 Å². The Labute approximate surface area is 138 Å². The van der Waals surface area contributed by atoms with Crippen LogP contribution in [0.4, 0.5) is 4.79 Å². The Hall–Kier alpha value is -1.37. The average molecular weight is 321 g/mol. The number of ether oxygens (including phenoxy) is 1. The van der Waals surface area contributed by atoms with Gasteiger partial charge in [-0.05, 0) is 39.0 Å². The lowest BCUT2D eigenvalue weighted by Gasteiger charge is -2.33. The summed E-state index contributed by atoms with van der Waals surface area (Å²) in [4.78, 5) is 36.3. The summed E-state index contributed by atoms with van der Waals surface area (Å²) in [6.07, 6.45) is 2.01. The Morgan fingerprint density at radius 3 is 2.61 bits per heavy atom. The van der Waals surface area contributed by atoms with E-state index in [4.69, 9.17) is 12.6 Å². The fraction of sp³-hybridized carbons (Fsp3) is 0.812. The first-order chi connectivity index (χ1) is 10.7. The Morgan fingerprint density at radius 2 is 2.09 bits per heavy atom. The summed E-state index contributed by atoms with van der Waals surface area (Å²) in [5, 5.41) is 9.39. The second-order valence-corrected chi connectivity index (χ2v) is 7.01. The lowest BCUT2D eigenvalue weighted by atomic mass is 9.75. The monoisotopic (exact) mass is 321 g/mol. The van der Waals surface area contributed by atoms with Crippen LogP contribution in [-0.4, -0.2) is 53.3 Å². The molecule has 2 radical (unpaired) electrons. The lowest BCUT2D eigenvalue weighted by molar-refractivity contribution is -0.148. The molecule has 1 saturated carbocycles. The van der Waals surface area contributed by atoms with Crippen LogP contribution >= 0.6 is 0 Å². The SMILES string of the molecule is [B]C(=O)N1C(CC)C(CC2CCC(=O)CC2C(=O)O)OC1(C)C. The topological polar surface area (TPSA) is 83.9 Å². The van der Waals surface area contributed by atoms with Crippen molar-refractivity contribution in [1.29, 1.82) is 0 Å². The molecule has 2 fully saturated rings. The molecule has 4 atom stereocenters. The minimum atomic E-state index is -0.930. The maximum Gasteiger partial charge on any atom is 0.307 e. The summed E-state index contributed by atoms with van der Waals surface area (Å²) in [6.45, 7) is 5.54. The number of carboxylic acid groups (broad SMARTS) is 1. The van der Waals surface area contributed by atoms with E-state index in [2.05, 4.69) is 0 Å². The number of nitrogens with zero attached hydrogens (tertiary/aromatic N) is 1. The molecule has 4 unspecified atom stereocenters. The average Bonchev–Trinajstić information content (AvgIpc) is 2.70. The first-order valence-corrected chi connectivity index (χ1v) is 8.18. The van der Waals surface area contributed by atoms with E-state index < -0.39 is 23.4 Å². The Balaban J connectivity index is 2.16. The molecular formula is C16H24BNO5. The lowest BCUT2D eigenvalue weighted by Crippen LogP contribution is -2.47. The molecule has 126 valence electrons. The zero-order valence-electron chi connectivity index (χ0n) is 13.9. The summed E-state index contributed by atoms with van der Waals surface area (Å²) in [6, 6.07) is -0.172. The predicted molar refractivity (Wildman–Crippen MR) is 84.1 cm³/mol. The van der Waals surface area contributed by atoms with Crippen LogP contribution in [0, 0.1) is 11.8 Å². The van der Waals surface area contributed by atoms with Crippen molar-refractivity contribution in [3.05, 3.63) is 0 Å². The maximum atomic E-state index is 11.8. The molecule has 1 saturated heterocycles. The van der Waals surface area contributed by atoms with Crippen molar-refractivity contribution in [1.82, 2.24) is 4.90 Å². The van der Waals surface area contributed by atoms with E-state index in [1.165, 1.54) is 0 Å². The quantitative estimate of drug-likeness (QED) is 0.800. The third-order valence-corrected chi connectivity index (χ3v) is 5.10. The van der Waals surface area contributed by atoms with Gasteiger partial charge in [-0.25, -0.2) is 0 Å². The number of rotatable bonds is 4. The van der Waals surface area contributed by atoms with Crippen molar-refractivity contribution in [2.24, 2.45) is 11.8 Å². The van der Waals surface area contributed by atoms with E-state index in [9.17, 15) is 19.5 Å². The Bertz CT molecular complexity index is 507. The van der Waals surface area contributed by atoms with Crippen molar-refractivity contribution in [2.75, 3.05) is 0 Å². The summed E-state index contributed by atoms with van der Waals surface area (Å²) in [5.41, 5.74) is -0.805. The van der Waals surface area contributed by atoms with E-state index in [0.717, 1.165) is 0 Å². The molecule has 0 bridgehead atoms. The molecule has 1 N–H and O–H groups in total. The van der Waals surface area contributed by atoms with Gasteiger partial charge in [0, 0.05) is 12.8 Å². The molecule has 0 spiro atoms. The van der Waals surface area contributed by atoms with Gasteiger partial charge in [-0.3, -0.25) is 14.4 Å². The molecule has 2 rings (SSSR count). The minimum absolute atomic E-state index is 0.00660.